The monoisotopic (exact) mass is 762 g/mol. The standard InChI is InChI=1S/C34H54F4O14/c1-34(2,3)52-30(40)5-7-42-9-11-44-13-15-46-17-19-48-21-23-50-25-24-49-22-20-47-18-16-45-14-12-43-10-8-41-6-4-29(39)51-33-31(37)27(35)26-28(36)32(33)38/h26H,4-25H2,1-3H3. The minimum Gasteiger partial charge on any atom is -0.460 e. The summed E-state index contributed by atoms with van der Waals surface area (Å²) in [5.41, 5.74) is -0.493. The van der Waals surface area contributed by atoms with Crippen molar-refractivity contribution in [1.29, 1.82) is 0 Å². The fourth-order valence-electron chi connectivity index (χ4n) is 3.59. The summed E-state index contributed by atoms with van der Waals surface area (Å²) in [6, 6.07) is 0.0159. The number of ether oxygens (including phenoxy) is 12. The number of halogens is 4. The molecule has 0 amide bonds. The number of carbonyl (C=O) groups is 2. The lowest BCUT2D eigenvalue weighted by Crippen LogP contribution is -2.24. The maximum atomic E-state index is 13.5. The predicted molar refractivity (Wildman–Crippen MR) is 175 cm³/mol. The molecule has 0 fully saturated rings. The van der Waals surface area contributed by atoms with E-state index in [9.17, 15) is 27.2 Å². The fraction of sp³-hybridized carbons (Fsp3) is 0.765. The molecule has 0 aromatic heterocycles. The Morgan fingerprint density at radius 3 is 0.962 bits per heavy atom. The van der Waals surface area contributed by atoms with E-state index in [1.54, 1.807) is 0 Å². The first kappa shape index (κ1) is 47.5. The van der Waals surface area contributed by atoms with Crippen molar-refractivity contribution in [2.45, 2.75) is 39.2 Å². The van der Waals surface area contributed by atoms with E-state index in [0.717, 1.165) is 0 Å². The topological polar surface area (TPSA) is 145 Å². The van der Waals surface area contributed by atoms with Crippen LogP contribution >= 0.6 is 0 Å². The predicted octanol–water partition coefficient (Wildman–Crippen LogP) is 3.44. The summed E-state index contributed by atoms with van der Waals surface area (Å²) in [6.07, 6.45) is -0.187. The van der Waals surface area contributed by atoms with E-state index >= 15 is 0 Å². The van der Waals surface area contributed by atoms with Crippen LogP contribution in [0.5, 0.6) is 5.75 Å². The van der Waals surface area contributed by atoms with E-state index in [-0.39, 0.29) is 38.3 Å². The molecule has 0 aliphatic carbocycles. The highest BCUT2D eigenvalue weighted by Gasteiger charge is 2.23. The van der Waals surface area contributed by atoms with Crippen molar-refractivity contribution < 1.29 is 84.0 Å². The van der Waals surface area contributed by atoms with Gasteiger partial charge in [-0.25, -0.2) is 8.78 Å². The molecule has 0 bridgehead atoms. The Bertz CT molecular complexity index is 1050. The van der Waals surface area contributed by atoms with E-state index in [0.29, 0.717) is 112 Å². The molecule has 18 heteroatoms. The first-order chi connectivity index (χ1) is 25.0. The Balaban J connectivity index is 1.73. The second kappa shape index (κ2) is 30.9. The highest BCUT2D eigenvalue weighted by Crippen LogP contribution is 2.26. The minimum absolute atomic E-state index is 0.0159. The first-order valence-electron chi connectivity index (χ1n) is 17.0. The third-order valence-electron chi connectivity index (χ3n) is 5.96. The summed E-state index contributed by atoms with van der Waals surface area (Å²) in [5, 5.41) is 0. The van der Waals surface area contributed by atoms with E-state index in [1.807, 2.05) is 20.8 Å². The molecule has 1 aromatic carbocycles. The van der Waals surface area contributed by atoms with Crippen LogP contribution in [0.25, 0.3) is 0 Å². The molecule has 0 saturated carbocycles. The molecule has 0 aliphatic rings. The Morgan fingerprint density at radius 1 is 0.442 bits per heavy atom. The van der Waals surface area contributed by atoms with Crippen LogP contribution in [0.3, 0.4) is 0 Å². The van der Waals surface area contributed by atoms with Gasteiger partial charge in [0.25, 0.3) is 0 Å². The van der Waals surface area contributed by atoms with Gasteiger partial charge in [0.2, 0.25) is 17.4 Å². The summed E-state index contributed by atoms with van der Waals surface area (Å²) in [4.78, 5) is 23.2. The number of benzene rings is 1. The van der Waals surface area contributed by atoms with Gasteiger partial charge in [-0.05, 0) is 20.8 Å². The Morgan fingerprint density at radius 2 is 0.692 bits per heavy atom. The third-order valence-corrected chi connectivity index (χ3v) is 5.96. The van der Waals surface area contributed by atoms with Crippen molar-refractivity contribution in [3.05, 3.63) is 29.3 Å². The van der Waals surface area contributed by atoms with Crippen molar-refractivity contribution in [2.24, 2.45) is 0 Å². The zero-order valence-electron chi connectivity index (χ0n) is 30.4. The van der Waals surface area contributed by atoms with Gasteiger partial charge in [-0.15, -0.1) is 0 Å². The number of esters is 2. The largest absolute Gasteiger partial charge is 0.460 e. The van der Waals surface area contributed by atoms with Gasteiger partial charge in [0.05, 0.1) is 145 Å². The maximum Gasteiger partial charge on any atom is 0.313 e. The van der Waals surface area contributed by atoms with Crippen molar-refractivity contribution in [2.75, 3.05) is 132 Å². The molecule has 0 atom stereocenters. The summed E-state index contributed by atoms with van der Waals surface area (Å²) < 4.78 is 117. The lowest BCUT2D eigenvalue weighted by molar-refractivity contribution is -0.156. The second-order valence-electron chi connectivity index (χ2n) is 11.5. The van der Waals surface area contributed by atoms with Crippen molar-refractivity contribution in [1.82, 2.24) is 0 Å². The first-order valence-corrected chi connectivity index (χ1v) is 17.0. The van der Waals surface area contributed by atoms with Crippen LogP contribution < -0.4 is 4.74 Å². The minimum atomic E-state index is -1.80. The van der Waals surface area contributed by atoms with Gasteiger partial charge < -0.3 is 56.8 Å². The van der Waals surface area contributed by atoms with Gasteiger partial charge in [0.1, 0.15) is 5.60 Å². The Hall–Kier alpha value is -2.52. The SMILES string of the molecule is CC(C)(C)OC(=O)CCOCCOCCOCCOCCOCCOCCOCCOCCOCCOCCC(=O)Oc1c(F)c(F)cc(F)c1F. The molecule has 0 heterocycles. The zero-order chi connectivity index (χ0) is 38.3. The number of rotatable bonds is 34. The van der Waals surface area contributed by atoms with Gasteiger partial charge in [-0.3, -0.25) is 9.59 Å². The van der Waals surface area contributed by atoms with Gasteiger partial charge in [0, 0.05) is 6.07 Å². The number of carbonyl (C=O) groups excluding carboxylic acids is 2. The lowest BCUT2D eigenvalue weighted by Gasteiger charge is -2.19. The van der Waals surface area contributed by atoms with Crippen LogP contribution in [0.2, 0.25) is 0 Å². The van der Waals surface area contributed by atoms with Crippen molar-refractivity contribution in [3.63, 3.8) is 0 Å². The molecule has 0 unspecified atom stereocenters. The van der Waals surface area contributed by atoms with E-state index in [1.165, 1.54) is 0 Å². The number of hydrogen-bond acceptors (Lipinski definition) is 14. The molecule has 302 valence electrons. The number of hydrogen-bond donors (Lipinski definition) is 0. The highest BCUT2D eigenvalue weighted by atomic mass is 19.2. The highest BCUT2D eigenvalue weighted by molar-refractivity contribution is 5.72. The molecule has 0 spiro atoms. The molecule has 0 saturated heterocycles. The second-order valence-corrected chi connectivity index (χ2v) is 11.5. The van der Waals surface area contributed by atoms with Crippen LogP contribution in [-0.2, 0) is 61.7 Å². The third kappa shape index (κ3) is 27.1. The van der Waals surface area contributed by atoms with E-state index < -0.39 is 47.0 Å². The van der Waals surface area contributed by atoms with Gasteiger partial charge in [0.15, 0.2) is 11.6 Å². The fourth-order valence-corrected chi connectivity index (χ4v) is 3.59. The van der Waals surface area contributed by atoms with Gasteiger partial charge >= 0.3 is 11.9 Å². The summed E-state index contributed by atoms with van der Waals surface area (Å²) >= 11 is 0. The molecule has 0 aliphatic heterocycles. The summed E-state index contributed by atoms with van der Waals surface area (Å²) in [7, 11) is 0. The quantitative estimate of drug-likeness (QED) is 0.0332. The molecule has 52 heavy (non-hydrogen) atoms. The van der Waals surface area contributed by atoms with E-state index in [2.05, 4.69) is 4.74 Å². The van der Waals surface area contributed by atoms with Gasteiger partial charge in [-0.2, -0.15) is 8.78 Å². The summed E-state index contributed by atoms with van der Waals surface area (Å²) in [6.45, 7) is 12.5. The van der Waals surface area contributed by atoms with Crippen molar-refractivity contribution >= 4 is 11.9 Å². The van der Waals surface area contributed by atoms with Crippen LogP contribution in [0.4, 0.5) is 17.6 Å². The molecule has 0 N–H and O–H groups in total. The Labute approximate surface area is 302 Å². The normalized spacial score (nSPS) is 11.7. The van der Waals surface area contributed by atoms with Gasteiger partial charge in [-0.1, -0.05) is 0 Å². The lowest BCUT2D eigenvalue weighted by atomic mass is 10.2. The van der Waals surface area contributed by atoms with Crippen molar-refractivity contribution in [3.8, 4) is 5.75 Å². The van der Waals surface area contributed by atoms with Crippen LogP contribution in [0.1, 0.15) is 33.6 Å². The molecule has 1 rings (SSSR count). The zero-order valence-corrected chi connectivity index (χ0v) is 30.4. The maximum absolute atomic E-state index is 13.5. The Kier molecular flexibility index (Phi) is 28.2. The van der Waals surface area contributed by atoms with E-state index in [4.69, 9.17) is 52.1 Å². The van der Waals surface area contributed by atoms with Crippen LogP contribution in [-0.4, -0.2) is 150 Å². The molecule has 14 nitrogen and oxygen atoms in total. The smallest absolute Gasteiger partial charge is 0.313 e. The average Bonchev–Trinajstić information content (AvgIpc) is 3.09. The summed E-state index contributed by atoms with van der Waals surface area (Å²) in [5.74, 6) is -9.78. The molecule has 0 radical (unpaired) electrons. The van der Waals surface area contributed by atoms with Crippen LogP contribution in [0, 0.1) is 23.3 Å². The average molecular weight is 763 g/mol. The molecular weight excluding hydrogens is 708 g/mol. The molecule has 1 aromatic rings. The van der Waals surface area contributed by atoms with Crippen LogP contribution in [0.15, 0.2) is 6.07 Å². The molecular formula is C34H54F4O14.